The number of nitrogens with zero attached hydrogens (tertiary/aromatic N) is 3. The highest BCUT2D eigenvalue weighted by Gasteiger charge is 2.25. The molecule has 0 aromatic heterocycles. The molecule has 5 aromatic carbocycles. The monoisotopic (exact) mass is 593 g/mol. The molecular weight excluding hydrogens is 558 g/mol. The van der Waals surface area contributed by atoms with Gasteiger partial charge in [-0.1, -0.05) is 127 Å². The molecule has 0 bridgehead atoms. The lowest BCUT2D eigenvalue weighted by atomic mass is 9.85. The number of aliphatic imine (C=N–C) groups is 3. The van der Waals surface area contributed by atoms with Crippen LogP contribution in [0.2, 0.25) is 0 Å². The van der Waals surface area contributed by atoms with E-state index in [0.29, 0.717) is 11.7 Å². The van der Waals surface area contributed by atoms with Crippen LogP contribution in [0, 0.1) is 0 Å². The number of allylic oxidation sites excluding steroid dienone is 6. The number of rotatable bonds is 6. The average Bonchev–Trinajstić information content (AvgIpc) is 3.49. The van der Waals surface area contributed by atoms with Crippen molar-refractivity contribution in [3.05, 3.63) is 173 Å². The maximum atomic E-state index is 5.00. The van der Waals surface area contributed by atoms with Gasteiger partial charge in [0.2, 0.25) is 0 Å². The van der Waals surface area contributed by atoms with Crippen LogP contribution < -0.4 is 0 Å². The van der Waals surface area contributed by atoms with E-state index in [9.17, 15) is 0 Å². The van der Waals surface area contributed by atoms with E-state index < -0.39 is 0 Å². The Morgan fingerprint density at radius 1 is 0.761 bits per heavy atom. The van der Waals surface area contributed by atoms with E-state index in [0.717, 1.165) is 30.4 Å². The van der Waals surface area contributed by atoms with Crippen LogP contribution in [-0.4, -0.2) is 18.4 Å². The normalized spacial score (nSPS) is 14.4. The Morgan fingerprint density at radius 3 is 2.48 bits per heavy atom. The first kappa shape index (κ1) is 29.1. The molecule has 0 radical (unpaired) electrons. The van der Waals surface area contributed by atoms with Crippen molar-refractivity contribution in [2.24, 2.45) is 15.0 Å². The van der Waals surface area contributed by atoms with Crippen LogP contribution in [0.25, 0.3) is 39.1 Å². The number of amidine groups is 2. The molecule has 3 nitrogen and oxygen atoms in total. The van der Waals surface area contributed by atoms with Crippen LogP contribution in [-0.2, 0) is 12.8 Å². The Hall–Kier alpha value is -5.67. The number of fused-ring (bicyclic) bond motifs is 6. The molecule has 5 aromatic rings. The topological polar surface area (TPSA) is 37.1 Å². The van der Waals surface area contributed by atoms with Crippen LogP contribution in [0.5, 0.6) is 0 Å². The van der Waals surface area contributed by atoms with E-state index in [1.54, 1.807) is 6.20 Å². The molecule has 2 aliphatic carbocycles. The SMILES string of the molecule is C=NC(=NC(=N\C=C/C=C\C=C\C)c1cccc2c1-c1ccc(-c3cc4ccccc4c4c3C=CCC4)cc1C2)c1ccccc1. The summed E-state index contributed by atoms with van der Waals surface area (Å²) in [6.07, 6.45) is 19.3. The molecule has 222 valence electrons. The fraction of sp³-hybridized carbons (Fsp3) is 0.0930. The summed E-state index contributed by atoms with van der Waals surface area (Å²) in [6, 6.07) is 34.5. The maximum absolute atomic E-state index is 5.00. The first-order chi connectivity index (χ1) is 22.7. The zero-order valence-electron chi connectivity index (χ0n) is 26.0. The zero-order valence-corrected chi connectivity index (χ0v) is 26.0. The summed E-state index contributed by atoms with van der Waals surface area (Å²) in [5, 5.41) is 2.67. The molecule has 0 atom stereocenters. The summed E-state index contributed by atoms with van der Waals surface area (Å²) < 4.78 is 0. The molecule has 46 heavy (non-hydrogen) atoms. The van der Waals surface area contributed by atoms with E-state index in [1.165, 1.54) is 55.3 Å². The lowest BCUT2D eigenvalue weighted by Gasteiger charge is -2.19. The number of aryl methyl sites for hydroxylation is 1. The van der Waals surface area contributed by atoms with Gasteiger partial charge >= 0.3 is 0 Å². The Kier molecular flexibility index (Phi) is 8.30. The van der Waals surface area contributed by atoms with E-state index >= 15 is 0 Å². The van der Waals surface area contributed by atoms with Crippen LogP contribution in [0.1, 0.15) is 46.7 Å². The molecule has 0 saturated heterocycles. The molecular formula is C43H35N3. The second kappa shape index (κ2) is 13.1. The summed E-state index contributed by atoms with van der Waals surface area (Å²) in [6.45, 7) is 5.83. The number of hydrogen-bond donors (Lipinski definition) is 0. The van der Waals surface area contributed by atoms with Gasteiger partial charge in [-0.3, -0.25) is 0 Å². The standard InChI is InChI=1S/C43H35N3/c1-3-4-5-6-14-26-45-43(46-42(44-2)30-16-8-7-9-17-30)39-23-15-19-33-28-34-27-32(24-25-36(34)41(33)39)40-29-31-18-10-11-20-35(31)37-21-12-13-22-38(37)40/h3-11,13-20,22-27,29H,2,12,21,28H2,1H3/b4-3+,6-5-,26-14-,45-43?,46-42?. The van der Waals surface area contributed by atoms with Gasteiger partial charge in [0.1, 0.15) is 0 Å². The minimum Gasteiger partial charge on any atom is -0.244 e. The quantitative estimate of drug-likeness (QED) is 0.105. The van der Waals surface area contributed by atoms with Gasteiger partial charge in [0.25, 0.3) is 0 Å². The lowest BCUT2D eigenvalue weighted by molar-refractivity contribution is 0.998. The molecule has 0 spiro atoms. The van der Waals surface area contributed by atoms with Gasteiger partial charge in [0.15, 0.2) is 11.7 Å². The Bertz CT molecular complexity index is 2140. The van der Waals surface area contributed by atoms with Gasteiger partial charge in [-0.25, -0.2) is 15.0 Å². The molecule has 2 aliphatic rings. The van der Waals surface area contributed by atoms with Gasteiger partial charge in [0, 0.05) is 17.3 Å². The minimum absolute atomic E-state index is 0.539. The van der Waals surface area contributed by atoms with Crippen molar-refractivity contribution >= 4 is 35.2 Å². The summed E-state index contributed by atoms with van der Waals surface area (Å²) in [4.78, 5) is 14.2. The molecule has 0 aliphatic heterocycles. The predicted octanol–water partition coefficient (Wildman–Crippen LogP) is 10.6. The first-order valence-electron chi connectivity index (χ1n) is 15.9. The van der Waals surface area contributed by atoms with Crippen LogP contribution in [0.4, 0.5) is 0 Å². The summed E-state index contributed by atoms with van der Waals surface area (Å²) in [7, 11) is 0. The van der Waals surface area contributed by atoms with Crippen molar-refractivity contribution < 1.29 is 0 Å². The molecule has 0 fully saturated rings. The largest absolute Gasteiger partial charge is 0.244 e. The first-order valence-corrected chi connectivity index (χ1v) is 15.9. The summed E-state index contributed by atoms with van der Waals surface area (Å²) in [5.74, 6) is 1.14. The van der Waals surface area contributed by atoms with Crippen molar-refractivity contribution in [1.82, 2.24) is 0 Å². The maximum Gasteiger partial charge on any atom is 0.162 e. The molecule has 0 N–H and O–H groups in total. The fourth-order valence-corrected chi connectivity index (χ4v) is 6.61. The summed E-state index contributed by atoms with van der Waals surface area (Å²) >= 11 is 0. The number of benzene rings is 5. The van der Waals surface area contributed by atoms with Crippen LogP contribution in [0.3, 0.4) is 0 Å². The van der Waals surface area contributed by atoms with Crippen molar-refractivity contribution in [3.8, 4) is 22.3 Å². The second-order valence-electron chi connectivity index (χ2n) is 11.5. The predicted molar refractivity (Wildman–Crippen MR) is 197 cm³/mol. The van der Waals surface area contributed by atoms with Gasteiger partial charge < -0.3 is 0 Å². The van der Waals surface area contributed by atoms with Crippen molar-refractivity contribution in [2.45, 2.75) is 26.2 Å². The molecule has 0 heterocycles. The molecule has 0 saturated carbocycles. The van der Waals surface area contributed by atoms with Gasteiger partial charge in [-0.2, -0.15) is 0 Å². The van der Waals surface area contributed by atoms with Gasteiger partial charge in [-0.05, 0) is 100 Å². The number of hydrogen-bond acceptors (Lipinski definition) is 1. The lowest BCUT2D eigenvalue weighted by Crippen LogP contribution is -2.06. The van der Waals surface area contributed by atoms with Crippen LogP contribution in [0.15, 0.2) is 155 Å². The second-order valence-corrected chi connectivity index (χ2v) is 11.5. The van der Waals surface area contributed by atoms with Crippen LogP contribution >= 0.6 is 0 Å². The van der Waals surface area contributed by atoms with E-state index in [4.69, 9.17) is 9.98 Å². The van der Waals surface area contributed by atoms with Crippen molar-refractivity contribution in [2.75, 3.05) is 0 Å². The zero-order chi connectivity index (χ0) is 31.3. The third-order valence-electron chi connectivity index (χ3n) is 8.71. The molecule has 7 rings (SSSR count). The highest BCUT2D eigenvalue weighted by atomic mass is 15.0. The van der Waals surface area contributed by atoms with Crippen molar-refractivity contribution in [1.29, 1.82) is 0 Å². The molecule has 0 unspecified atom stereocenters. The fourth-order valence-electron chi connectivity index (χ4n) is 6.61. The van der Waals surface area contributed by atoms with Gasteiger partial charge in [0.05, 0.1) is 0 Å². The van der Waals surface area contributed by atoms with E-state index in [1.807, 2.05) is 67.6 Å². The minimum atomic E-state index is 0.539. The summed E-state index contributed by atoms with van der Waals surface area (Å²) in [5.41, 5.74) is 12.3. The molecule has 0 amide bonds. The van der Waals surface area contributed by atoms with Crippen molar-refractivity contribution in [3.63, 3.8) is 0 Å². The smallest absolute Gasteiger partial charge is 0.162 e. The van der Waals surface area contributed by atoms with Gasteiger partial charge in [-0.15, -0.1) is 0 Å². The highest BCUT2D eigenvalue weighted by Crippen LogP contribution is 2.43. The average molecular weight is 594 g/mol. The Labute approximate surface area is 271 Å². The third-order valence-corrected chi connectivity index (χ3v) is 8.71. The van der Waals surface area contributed by atoms with E-state index in [2.05, 4.69) is 90.6 Å². The van der Waals surface area contributed by atoms with E-state index in [-0.39, 0.29) is 0 Å². The third kappa shape index (κ3) is 5.64. The highest BCUT2D eigenvalue weighted by molar-refractivity contribution is 6.15. The molecule has 3 heteroatoms. The Morgan fingerprint density at radius 2 is 1.61 bits per heavy atom. The Balaban J connectivity index is 1.34.